The molecule has 0 spiro atoms. The van der Waals surface area contributed by atoms with Gasteiger partial charge >= 0.3 is 12.1 Å². The van der Waals surface area contributed by atoms with E-state index in [1.807, 2.05) is 54.6 Å². The van der Waals surface area contributed by atoms with Gasteiger partial charge in [-0.2, -0.15) is 0 Å². The normalized spacial score (nSPS) is 13.9. The lowest BCUT2D eigenvalue weighted by molar-refractivity contribution is -0.146. The van der Waals surface area contributed by atoms with E-state index in [0.717, 1.165) is 11.1 Å². The summed E-state index contributed by atoms with van der Waals surface area (Å²) in [5.41, 5.74) is 1.06. The maximum atomic E-state index is 12.9. The molecular weight excluding hydrogens is 474 g/mol. The van der Waals surface area contributed by atoms with Gasteiger partial charge in [-0.3, -0.25) is 0 Å². The van der Waals surface area contributed by atoms with Crippen molar-refractivity contribution in [2.24, 2.45) is 0 Å². The Bertz CT molecular complexity index is 993. The van der Waals surface area contributed by atoms with Crippen LogP contribution < -0.4 is 10.1 Å². The molecule has 0 aliphatic carbocycles. The van der Waals surface area contributed by atoms with Crippen LogP contribution in [0.25, 0.3) is 0 Å². The van der Waals surface area contributed by atoms with Crippen LogP contribution in [0, 0.1) is 0 Å². The van der Waals surface area contributed by atoms with Gasteiger partial charge in [0.1, 0.15) is 24.1 Å². The molecule has 0 heterocycles. The maximum Gasteiger partial charge on any atom is 0.408 e. The van der Waals surface area contributed by atoms with Gasteiger partial charge in [-0.05, 0) is 62.2 Å². The number of carbonyl (C=O) groups is 2. The molecule has 0 unspecified atom stereocenters. The van der Waals surface area contributed by atoms with Crippen LogP contribution in [0.3, 0.4) is 0 Å². The van der Waals surface area contributed by atoms with Crippen LogP contribution in [-0.2, 0) is 25.3 Å². The van der Waals surface area contributed by atoms with Gasteiger partial charge in [0.2, 0.25) is 0 Å². The predicted molar refractivity (Wildman–Crippen MR) is 143 cm³/mol. The van der Waals surface area contributed by atoms with E-state index in [4.69, 9.17) is 18.6 Å². The van der Waals surface area contributed by atoms with Crippen molar-refractivity contribution in [2.75, 3.05) is 7.11 Å². The van der Waals surface area contributed by atoms with E-state index < -0.39 is 38.1 Å². The zero-order chi connectivity index (χ0) is 27.1. The quantitative estimate of drug-likeness (QED) is 0.308. The van der Waals surface area contributed by atoms with Gasteiger partial charge in [0.25, 0.3) is 0 Å². The molecule has 7 nitrogen and oxygen atoms in total. The van der Waals surface area contributed by atoms with Gasteiger partial charge in [0.05, 0.1) is 7.11 Å². The zero-order valence-corrected chi connectivity index (χ0v) is 24.0. The molecule has 0 saturated heterocycles. The summed E-state index contributed by atoms with van der Waals surface area (Å²) in [5, 5.41) is 2.56. The highest BCUT2D eigenvalue weighted by atomic mass is 28.4. The molecule has 2 atom stereocenters. The fourth-order valence-corrected chi connectivity index (χ4v) is 4.40. The van der Waals surface area contributed by atoms with Gasteiger partial charge in [0.15, 0.2) is 14.4 Å². The summed E-state index contributed by atoms with van der Waals surface area (Å²) in [6.07, 6.45) is -1.50. The number of carbonyl (C=O) groups excluding carboxylic acids is 2. The molecule has 0 radical (unpaired) electrons. The molecule has 1 N–H and O–H groups in total. The molecule has 2 aromatic rings. The first-order valence-corrected chi connectivity index (χ1v) is 15.1. The monoisotopic (exact) mass is 515 g/mol. The predicted octanol–water partition coefficient (Wildman–Crippen LogP) is 6.39. The highest BCUT2D eigenvalue weighted by Crippen LogP contribution is 2.41. The number of benzene rings is 2. The van der Waals surface area contributed by atoms with Crippen molar-refractivity contribution in [1.82, 2.24) is 5.32 Å². The number of hydrogen-bond donors (Lipinski definition) is 1. The highest BCUT2D eigenvalue weighted by Gasteiger charge is 2.44. The second-order valence-corrected chi connectivity index (χ2v) is 16.0. The van der Waals surface area contributed by atoms with Gasteiger partial charge in [-0.1, -0.05) is 63.2 Å². The van der Waals surface area contributed by atoms with E-state index in [9.17, 15) is 9.59 Å². The molecule has 36 heavy (non-hydrogen) atoms. The lowest BCUT2D eigenvalue weighted by atomic mass is 10.0. The molecule has 1 amide bonds. The first kappa shape index (κ1) is 29.4. The average Bonchev–Trinajstić information content (AvgIpc) is 2.78. The Morgan fingerprint density at radius 3 is 2.00 bits per heavy atom. The van der Waals surface area contributed by atoms with Gasteiger partial charge in [-0.15, -0.1) is 0 Å². The molecule has 0 bridgehead atoms. The molecule has 198 valence electrons. The number of alkyl carbamates (subject to hydrolysis) is 1. The molecule has 0 aliphatic rings. The van der Waals surface area contributed by atoms with Crippen LogP contribution in [0.5, 0.6) is 5.75 Å². The largest absolute Gasteiger partial charge is 0.489 e. The Morgan fingerprint density at radius 1 is 0.917 bits per heavy atom. The van der Waals surface area contributed by atoms with Crippen LogP contribution in [0.1, 0.15) is 58.8 Å². The van der Waals surface area contributed by atoms with Crippen LogP contribution >= 0.6 is 0 Å². The fraction of sp³-hybridized carbons (Fsp3) is 0.500. The Hall–Kier alpha value is -2.84. The number of rotatable bonds is 9. The standard InChI is InChI=1S/C28H41NO6Si/c1-27(2,3)34-26(31)29-23(25(30)32-7)24(35-36(8,9)28(4,5)6)21-15-17-22(18-16-21)33-19-20-13-11-10-12-14-20/h10-18,23-24H,19H2,1-9H3,(H,29,31)/t23-,24-/m0/s1. The Labute approximate surface area is 216 Å². The summed E-state index contributed by atoms with van der Waals surface area (Å²) < 4.78 is 23.1. The summed E-state index contributed by atoms with van der Waals surface area (Å²) in [7, 11) is -1.09. The lowest BCUT2D eigenvalue weighted by Gasteiger charge is -2.41. The summed E-state index contributed by atoms with van der Waals surface area (Å²) in [5.74, 6) is 0.0670. The van der Waals surface area contributed by atoms with Gasteiger partial charge < -0.3 is 24.0 Å². The van der Waals surface area contributed by atoms with E-state index in [0.29, 0.717) is 12.4 Å². The molecule has 0 fully saturated rings. The Kier molecular flexibility index (Phi) is 9.74. The van der Waals surface area contributed by atoms with Crippen molar-refractivity contribution < 1.29 is 28.2 Å². The molecule has 2 rings (SSSR count). The summed E-state index contributed by atoms with van der Waals surface area (Å²) in [6.45, 7) is 16.3. The van der Waals surface area contributed by atoms with E-state index in [2.05, 4.69) is 39.2 Å². The van der Waals surface area contributed by atoms with Crippen molar-refractivity contribution in [2.45, 2.75) is 84.0 Å². The number of esters is 1. The maximum absolute atomic E-state index is 12.9. The highest BCUT2D eigenvalue weighted by molar-refractivity contribution is 6.74. The minimum absolute atomic E-state index is 0.128. The molecule has 8 heteroatoms. The van der Waals surface area contributed by atoms with Crippen LogP contribution in [-0.4, -0.2) is 39.1 Å². The first-order valence-electron chi connectivity index (χ1n) is 12.1. The summed E-state index contributed by atoms with van der Waals surface area (Å²) in [6, 6.07) is 16.2. The average molecular weight is 516 g/mol. The van der Waals surface area contributed by atoms with E-state index >= 15 is 0 Å². The summed E-state index contributed by atoms with van der Waals surface area (Å²) in [4.78, 5) is 25.6. The number of ether oxygens (including phenoxy) is 3. The minimum Gasteiger partial charge on any atom is -0.489 e. The first-order chi connectivity index (χ1) is 16.6. The molecule has 0 aliphatic heterocycles. The number of hydrogen-bond acceptors (Lipinski definition) is 6. The molecule has 2 aromatic carbocycles. The van der Waals surface area contributed by atoms with Crippen LogP contribution in [0.15, 0.2) is 54.6 Å². The SMILES string of the molecule is COC(=O)[C@@H](NC(=O)OC(C)(C)C)[C@@H](O[Si](C)(C)C(C)(C)C)c1ccc(OCc2ccccc2)cc1. The van der Waals surface area contributed by atoms with Crippen molar-refractivity contribution >= 4 is 20.4 Å². The van der Waals surface area contributed by atoms with Crippen molar-refractivity contribution in [3.05, 3.63) is 65.7 Å². The van der Waals surface area contributed by atoms with E-state index in [-0.39, 0.29) is 5.04 Å². The smallest absolute Gasteiger partial charge is 0.408 e. The van der Waals surface area contributed by atoms with Gasteiger partial charge in [0, 0.05) is 0 Å². The van der Waals surface area contributed by atoms with Crippen LogP contribution in [0.4, 0.5) is 4.79 Å². The number of amides is 1. The zero-order valence-electron chi connectivity index (χ0n) is 23.0. The third-order valence-electron chi connectivity index (χ3n) is 6.11. The van der Waals surface area contributed by atoms with Crippen molar-refractivity contribution in [3.63, 3.8) is 0 Å². The lowest BCUT2D eigenvalue weighted by Crippen LogP contribution is -2.52. The van der Waals surface area contributed by atoms with Crippen molar-refractivity contribution in [1.29, 1.82) is 0 Å². The Morgan fingerprint density at radius 2 is 1.50 bits per heavy atom. The fourth-order valence-electron chi connectivity index (χ4n) is 3.14. The minimum atomic E-state index is -2.37. The number of nitrogens with one attached hydrogen (secondary N) is 1. The second-order valence-electron chi connectivity index (χ2n) is 11.3. The third-order valence-corrected chi connectivity index (χ3v) is 10.6. The van der Waals surface area contributed by atoms with Crippen molar-refractivity contribution in [3.8, 4) is 5.75 Å². The van der Waals surface area contributed by atoms with Crippen LogP contribution in [0.2, 0.25) is 18.1 Å². The second kappa shape index (κ2) is 11.9. The molecular formula is C28H41NO6Si. The Balaban J connectivity index is 2.37. The van der Waals surface area contributed by atoms with E-state index in [1.165, 1.54) is 7.11 Å². The molecule has 0 saturated carbocycles. The third kappa shape index (κ3) is 8.67. The summed E-state index contributed by atoms with van der Waals surface area (Å²) >= 11 is 0. The topological polar surface area (TPSA) is 83.1 Å². The van der Waals surface area contributed by atoms with E-state index in [1.54, 1.807) is 20.8 Å². The number of methoxy groups -OCH3 is 1. The van der Waals surface area contributed by atoms with Gasteiger partial charge in [-0.25, -0.2) is 9.59 Å². The molecule has 0 aromatic heterocycles.